The van der Waals surface area contributed by atoms with Gasteiger partial charge in [0.2, 0.25) is 10.0 Å². The number of hydrogen-bond donors (Lipinski definition) is 2. The molecule has 3 N–H and O–H groups in total. The van der Waals surface area contributed by atoms with Crippen molar-refractivity contribution in [3.63, 3.8) is 0 Å². The molecule has 23 heavy (non-hydrogen) atoms. The molecular formula is C18H24N2O2S. The molecule has 0 saturated heterocycles. The number of rotatable bonds is 7. The molecule has 0 radical (unpaired) electrons. The van der Waals surface area contributed by atoms with Gasteiger partial charge in [0.1, 0.15) is 0 Å². The second-order valence-electron chi connectivity index (χ2n) is 5.53. The van der Waals surface area contributed by atoms with Crippen LogP contribution in [0.3, 0.4) is 0 Å². The first-order valence-corrected chi connectivity index (χ1v) is 9.40. The molecular weight excluding hydrogens is 308 g/mol. The van der Waals surface area contributed by atoms with Gasteiger partial charge < -0.3 is 5.73 Å². The van der Waals surface area contributed by atoms with Crippen molar-refractivity contribution in [2.24, 2.45) is 0 Å². The number of aryl methyl sites for hydroxylation is 2. The highest BCUT2D eigenvalue weighted by Gasteiger charge is 2.14. The molecule has 0 heterocycles. The lowest BCUT2D eigenvalue weighted by Gasteiger charge is -2.11. The van der Waals surface area contributed by atoms with Crippen molar-refractivity contribution < 1.29 is 8.42 Å². The van der Waals surface area contributed by atoms with Crippen molar-refractivity contribution in [1.82, 2.24) is 4.72 Å². The van der Waals surface area contributed by atoms with Crippen LogP contribution in [0, 0.1) is 0 Å². The summed E-state index contributed by atoms with van der Waals surface area (Å²) in [4.78, 5) is 0.337. The summed E-state index contributed by atoms with van der Waals surface area (Å²) in [6.07, 6.45) is 2.37. The van der Waals surface area contributed by atoms with Crippen LogP contribution in [0.5, 0.6) is 0 Å². The van der Waals surface area contributed by atoms with E-state index in [-0.39, 0.29) is 0 Å². The molecule has 0 aromatic heterocycles. The topological polar surface area (TPSA) is 72.2 Å². The second-order valence-corrected chi connectivity index (χ2v) is 7.29. The minimum absolute atomic E-state index is 0.337. The molecule has 124 valence electrons. The van der Waals surface area contributed by atoms with Crippen molar-refractivity contribution in [1.29, 1.82) is 0 Å². The Morgan fingerprint density at radius 2 is 1.61 bits per heavy atom. The lowest BCUT2D eigenvalue weighted by Crippen LogP contribution is -2.26. The monoisotopic (exact) mass is 332 g/mol. The van der Waals surface area contributed by atoms with Gasteiger partial charge >= 0.3 is 0 Å². The molecule has 0 bridgehead atoms. The summed E-state index contributed by atoms with van der Waals surface area (Å²) in [5.41, 5.74) is 9.69. The van der Waals surface area contributed by atoms with Gasteiger partial charge in [0, 0.05) is 12.2 Å². The summed E-state index contributed by atoms with van der Waals surface area (Å²) in [5, 5.41) is 0. The third-order valence-electron chi connectivity index (χ3n) is 3.94. The number of nitrogens with one attached hydrogen (secondary N) is 1. The SMILES string of the molecule is CCc1ccc(S(=O)(=O)NCCc2ccc(N)cc2)cc1CC. The van der Waals surface area contributed by atoms with E-state index in [9.17, 15) is 8.42 Å². The van der Waals surface area contributed by atoms with Gasteiger partial charge in [0.25, 0.3) is 0 Å². The zero-order valence-electron chi connectivity index (χ0n) is 13.7. The molecule has 0 unspecified atom stereocenters. The predicted molar refractivity (Wildman–Crippen MR) is 94.9 cm³/mol. The number of sulfonamides is 1. The zero-order valence-corrected chi connectivity index (χ0v) is 14.5. The molecule has 0 amide bonds. The van der Waals surface area contributed by atoms with E-state index in [2.05, 4.69) is 11.6 Å². The number of anilines is 1. The average molecular weight is 332 g/mol. The van der Waals surface area contributed by atoms with Gasteiger partial charge in [-0.05, 0) is 60.2 Å². The Morgan fingerprint density at radius 1 is 0.957 bits per heavy atom. The molecule has 0 fully saturated rings. The Labute approximate surface area is 138 Å². The molecule has 0 atom stereocenters. The summed E-state index contributed by atoms with van der Waals surface area (Å²) in [6.45, 7) is 4.48. The average Bonchev–Trinajstić information content (AvgIpc) is 2.55. The van der Waals surface area contributed by atoms with Crippen molar-refractivity contribution >= 4 is 15.7 Å². The van der Waals surface area contributed by atoms with Crippen LogP contribution < -0.4 is 10.5 Å². The Hall–Kier alpha value is -1.85. The van der Waals surface area contributed by atoms with Crippen LogP contribution in [0.25, 0.3) is 0 Å². The van der Waals surface area contributed by atoms with E-state index in [1.165, 1.54) is 5.56 Å². The van der Waals surface area contributed by atoms with Gasteiger partial charge in [-0.3, -0.25) is 0 Å². The van der Waals surface area contributed by atoms with Crippen molar-refractivity contribution in [3.8, 4) is 0 Å². The van der Waals surface area contributed by atoms with Crippen LogP contribution in [0.1, 0.15) is 30.5 Å². The predicted octanol–water partition coefficient (Wildman–Crippen LogP) is 2.91. The van der Waals surface area contributed by atoms with E-state index >= 15 is 0 Å². The molecule has 5 heteroatoms. The van der Waals surface area contributed by atoms with E-state index in [4.69, 9.17) is 5.73 Å². The molecule has 0 aliphatic rings. The third kappa shape index (κ3) is 4.56. The van der Waals surface area contributed by atoms with E-state index in [0.717, 1.165) is 24.0 Å². The molecule has 2 aromatic carbocycles. The molecule has 0 aliphatic carbocycles. The van der Waals surface area contributed by atoms with Crippen molar-refractivity contribution in [3.05, 3.63) is 59.2 Å². The second kappa shape index (κ2) is 7.62. The minimum atomic E-state index is -3.47. The van der Waals surface area contributed by atoms with Crippen molar-refractivity contribution in [2.75, 3.05) is 12.3 Å². The molecule has 0 spiro atoms. The maximum Gasteiger partial charge on any atom is 0.240 e. The lowest BCUT2D eigenvalue weighted by atomic mass is 10.0. The maximum absolute atomic E-state index is 12.4. The van der Waals surface area contributed by atoms with Crippen molar-refractivity contribution in [2.45, 2.75) is 38.0 Å². The Balaban J connectivity index is 2.05. The quantitative estimate of drug-likeness (QED) is 0.766. The first-order valence-electron chi connectivity index (χ1n) is 7.92. The van der Waals surface area contributed by atoms with Gasteiger partial charge in [-0.2, -0.15) is 0 Å². The maximum atomic E-state index is 12.4. The van der Waals surface area contributed by atoms with E-state index in [0.29, 0.717) is 23.5 Å². The molecule has 2 rings (SSSR count). The van der Waals surface area contributed by atoms with Crippen LogP contribution in [-0.2, 0) is 29.3 Å². The zero-order chi connectivity index (χ0) is 16.9. The van der Waals surface area contributed by atoms with E-state index < -0.39 is 10.0 Å². The highest BCUT2D eigenvalue weighted by Crippen LogP contribution is 2.17. The van der Waals surface area contributed by atoms with Crippen LogP contribution in [0.15, 0.2) is 47.4 Å². The fourth-order valence-corrected chi connectivity index (χ4v) is 3.62. The van der Waals surface area contributed by atoms with Crippen LogP contribution >= 0.6 is 0 Å². The van der Waals surface area contributed by atoms with Crippen LogP contribution in [0.2, 0.25) is 0 Å². The number of hydrogen-bond acceptors (Lipinski definition) is 3. The molecule has 2 aromatic rings. The molecule has 0 aliphatic heterocycles. The van der Waals surface area contributed by atoms with E-state index in [1.807, 2.05) is 37.3 Å². The normalized spacial score (nSPS) is 11.6. The number of nitrogens with two attached hydrogens (primary N) is 1. The first kappa shape index (κ1) is 17.5. The lowest BCUT2D eigenvalue weighted by molar-refractivity contribution is 0.581. The number of nitrogen functional groups attached to an aromatic ring is 1. The number of benzene rings is 2. The first-order chi connectivity index (χ1) is 11.0. The smallest absolute Gasteiger partial charge is 0.240 e. The highest BCUT2D eigenvalue weighted by molar-refractivity contribution is 7.89. The van der Waals surface area contributed by atoms with Gasteiger partial charge in [0.15, 0.2) is 0 Å². The van der Waals surface area contributed by atoms with Crippen LogP contribution in [-0.4, -0.2) is 15.0 Å². The van der Waals surface area contributed by atoms with Gasteiger partial charge in [0.05, 0.1) is 4.90 Å². The standard InChI is InChI=1S/C18H24N2O2S/c1-3-15-7-10-18(13-16(15)4-2)23(21,22)20-12-11-14-5-8-17(19)9-6-14/h5-10,13,20H,3-4,11-12,19H2,1-2H3. The summed E-state index contributed by atoms with van der Waals surface area (Å²) >= 11 is 0. The third-order valence-corrected chi connectivity index (χ3v) is 5.39. The Bertz CT molecular complexity index is 753. The summed E-state index contributed by atoms with van der Waals surface area (Å²) in [5.74, 6) is 0. The summed E-state index contributed by atoms with van der Waals surface area (Å²) in [6, 6.07) is 12.8. The summed E-state index contributed by atoms with van der Waals surface area (Å²) in [7, 11) is -3.47. The fraction of sp³-hybridized carbons (Fsp3) is 0.333. The Kier molecular flexibility index (Phi) is 5.80. The van der Waals surface area contributed by atoms with E-state index in [1.54, 1.807) is 12.1 Å². The van der Waals surface area contributed by atoms with Gasteiger partial charge in [-0.15, -0.1) is 0 Å². The van der Waals surface area contributed by atoms with Gasteiger partial charge in [-0.25, -0.2) is 13.1 Å². The molecule has 0 saturated carbocycles. The highest BCUT2D eigenvalue weighted by atomic mass is 32.2. The van der Waals surface area contributed by atoms with Crippen LogP contribution in [0.4, 0.5) is 5.69 Å². The largest absolute Gasteiger partial charge is 0.399 e. The Morgan fingerprint density at radius 3 is 2.22 bits per heavy atom. The molecule has 4 nitrogen and oxygen atoms in total. The van der Waals surface area contributed by atoms with Gasteiger partial charge in [-0.1, -0.05) is 32.0 Å². The minimum Gasteiger partial charge on any atom is -0.399 e. The fourth-order valence-electron chi connectivity index (χ4n) is 2.54. The summed E-state index contributed by atoms with van der Waals surface area (Å²) < 4.78 is 27.5.